The normalized spacial score (nSPS) is 26.0. The molecule has 1 unspecified atom stereocenters. The first-order valence-electron chi connectivity index (χ1n) is 20.3. The second kappa shape index (κ2) is 16.9. The Kier molecular flexibility index (Phi) is 12.0. The molecule has 2 aliphatic heterocycles. The van der Waals surface area contributed by atoms with Crippen LogP contribution in [0.25, 0.3) is 10.9 Å². The topological polar surface area (TPSA) is 240 Å². The lowest BCUT2D eigenvalue weighted by molar-refractivity contribution is -0.142. The van der Waals surface area contributed by atoms with Gasteiger partial charge in [-0.15, -0.1) is 6.58 Å². The molecule has 7 rings (SSSR count). The van der Waals surface area contributed by atoms with Crippen molar-refractivity contribution >= 4 is 45.0 Å². The Morgan fingerprint density at radius 2 is 1.92 bits per heavy atom. The molecule has 4 aliphatic rings. The van der Waals surface area contributed by atoms with E-state index in [0.717, 1.165) is 30.5 Å². The smallest absolute Gasteiger partial charge is 0.407 e. The molecular formula is C41H53N7O11S. The third kappa shape index (κ3) is 9.46. The van der Waals surface area contributed by atoms with Crippen LogP contribution in [0.3, 0.4) is 0 Å². The highest BCUT2D eigenvalue weighted by Crippen LogP contribution is 2.45. The molecule has 60 heavy (non-hydrogen) atoms. The molecule has 1 saturated heterocycles. The molecule has 19 heteroatoms. The molecule has 5 N–H and O–H groups in total. The standard InChI is InChI=1S/C41H53N7O11S/c1-6-26-19-41(26,38(51)47-60(53,54)55)44-36(49)31-16-28-20-48(31)37(50)35(24-10-7-8-11-24)43-39(52)58-22-40(3,4)13-9-12-25-15-29-30(17-32(25)56-5)42-34(18-33(29)59-28)57-21-27-14-23(2)45-46-27/h6,14-15,17-18,24,26,28,31,35H,1,7-13,16,19-22H2,2-5H3,(H,43,52)(H,44,49)(H,45,46)(H,47,51)(H,53,54,55)/t26?,28-,31+,35+,41-/m1/s1. The van der Waals surface area contributed by atoms with Crippen molar-refractivity contribution in [2.45, 2.75) is 109 Å². The molecule has 2 aromatic heterocycles. The molecule has 3 fully saturated rings. The van der Waals surface area contributed by atoms with E-state index >= 15 is 0 Å². The Bertz CT molecular complexity index is 2270. The Morgan fingerprint density at radius 1 is 1.15 bits per heavy atom. The first-order chi connectivity index (χ1) is 28.5. The van der Waals surface area contributed by atoms with E-state index in [4.69, 9.17) is 23.9 Å². The monoisotopic (exact) mass is 851 g/mol. The van der Waals surface area contributed by atoms with Gasteiger partial charge in [0.15, 0.2) is 0 Å². The molecule has 18 nitrogen and oxygen atoms in total. The number of methoxy groups -OCH3 is 1. The Labute approximate surface area is 348 Å². The number of carbonyl (C=O) groups is 4. The summed E-state index contributed by atoms with van der Waals surface area (Å²) in [5, 5.41) is 13.3. The van der Waals surface area contributed by atoms with E-state index in [-0.39, 0.29) is 44.4 Å². The Balaban J connectivity index is 1.28. The van der Waals surface area contributed by atoms with Gasteiger partial charge in [0.1, 0.15) is 41.8 Å². The van der Waals surface area contributed by atoms with Gasteiger partial charge in [0, 0.05) is 35.6 Å². The number of rotatable bonds is 10. The molecule has 4 amide bonds. The molecule has 324 valence electrons. The van der Waals surface area contributed by atoms with Crippen molar-refractivity contribution in [2.75, 3.05) is 20.3 Å². The van der Waals surface area contributed by atoms with Gasteiger partial charge in [-0.3, -0.25) is 24.0 Å². The molecule has 5 atom stereocenters. The molecule has 4 heterocycles. The highest BCUT2D eigenvalue weighted by atomic mass is 32.2. The number of nitrogens with one attached hydrogen (secondary N) is 4. The number of carbonyl (C=O) groups excluding carboxylic acids is 4. The van der Waals surface area contributed by atoms with Crippen molar-refractivity contribution in [1.82, 2.24) is 35.4 Å². The van der Waals surface area contributed by atoms with Crippen molar-refractivity contribution in [3.8, 4) is 17.4 Å². The summed E-state index contributed by atoms with van der Waals surface area (Å²) in [6.45, 7) is 9.72. The van der Waals surface area contributed by atoms with Gasteiger partial charge in [-0.05, 0) is 74.5 Å². The fourth-order valence-electron chi connectivity index (χ4n) is 8.71. The second-order valence-electron chi connectivity index (χ2n) is 17.1. The van der Waals surface area contributed by atoms with E-state index in [2.05, 4.69) is 27.4 Å². The van der Waals surface area contributed by atoms with E-state index in [9.17, 15) is 32.1 Å². The number of aryl methyl sites for hydroxylation is 2. The number of alkyl carbamates (subject to hydrolysis) is 1. The highest BCUT2D eigenvalue weighted by molar-refractivity contribution is 7.84. The number of cyclic esters (lactones) is 1. The van der Waals surface area contributed by atoms with Crippen LogP contribution >= 0.6 is 0 Å². The molecule has 2 saturated carbocycles. The van der Waals surface area contributed by atoms with Crippen molar-refractivity contribution in [2.24, 2.45) is 17.3 Å². The van der Waals surface area contributed by atoms with Gasteiger partial charge in [-0.25, -0.2) is 14.5 Å². The summed E-state index contributed by atoms with van der Waals surface area (Å²) in [6, 6.07) is 5.02. The zero-order chi connectivity index (χ0) is 43.0. The van der Waals surface area contributed by atoms with Crippen LogP contribution in [0.2, 0.25) is 0 Å². The third-order valence-electron chi connectivity index (χ3n) is 12.0. The van der Waals surface area contributed by atoms with Gasteiger partial charge < -0.3 is 34.5 Å². The Hall–Kier alpha value is -5.43. The van der Waals surface area contributed by atoms with Crippen LogP contribution in [0.15, 0.2) is 36.9 Å². The van der Waals surface area contributed by atoms with Crippen molar-refractivity contribution in [1.29, 1.82) is 0 Å². The van der Waals surface area contributed by atoms with Crippen LogP contribution in [0.4, 0.5) is 4.79 Å². The number of ether oxygens (including phenoxy) is 4. The van der Waals surface area contributed by atoms with E-state index in [1.807, 2.05) is 39.0 Å². The molecule has 2 aliphatic carbocycles. The fraction of sp³-hybridized carbons (Fsp3) is 0.561. The maximum Gasteiger partial charge on any atom is 0.407 e. The zero-order valence-electron chi connectivity index (χ0n) is 34.2. The maximum absolute atomic E-state index is 14.8. The largest absolute Gasteiger partial charge is 0.496 e. The number of aromatic nitrogens is 3. The van der Waals surface area contributed by atoms with E-state index in [1.165, 1.54) is 11.0 Å². The van der Waals surface area contributed by atoms with Crippen molar-refractivity contribution < 1.29 is 51.1 Å². The Morgan fingerprint density at radius 3 is 2.58 bits per heavy atom. The minimum atomic E-state index is -4.96. The van der Waals surface area contributed by atoms with E-state index in [0.29, 0.717) is 53.8 Å². The van der Waals surface area contributed by atoms with Crippen LogP contribution in [-0.4, -0.2) is 101 Å². The fourth-order valence-corrected chi connectivity index (χ4v) is 9.12. The molecule has 0 spiro atoms. The number of fused-ring (bicyclic) bond motifs is 3. The summed E-state index contributed by atoms with van der Waals surface area (Å²) in [5.41, 5.74) is 0.774. The van der Waals surface area contributed by atoms with Crippen molar-refractivity contribution in [3.05, 3.63) is 53.9 Å². The SMILES string of the molecule is C=CC1C[C@]1(NC(=O)[C@@H]1C[C@@H]2CN1C(=O)[C@H](C1CCCC1)NC(=O)OCC(C)(C)CCCc1cc3c(cc(OCc4cc(C)[nH]n4)nc3cc1OC)O2)C(=O)NS(=O)(=O)O. The minimum absolute atomic E-state index is 0.00799. The van der Waals surface area contributed by atoms with Crippen molar-refractivity contribution in [3.63, 3.8) is 0 Å². The lowest BCUT2D eigenvalue weighted by Crippen LogP contribution is -2.59. The van der Waals surface area contributed by atoms with Crippen LogP contribution in [-0.2, 0) is 42.5 Å². The van der Waals surface area contributed by atoms with Gasteiger partial charge in [0.25, 0.3) is 5.91 Å². The first kappa shape index (κ1) is 42.7. The maximum atomic E-state index is 14.8. The van der Waals surface area contributed by atoms with Crippen LogP contribution in [0.5, 0.6) is 17.4 Å². The van der Waals surface area contributed by atoms with Crippen LogP contribution in [0.1, 0.15) is 82.2 Å². The molecular weight excluding hydrogens is 799 g/mol. The van der Waals surface area contributed by atoms with Crippen LogP contribution in [0, 0.1) is 24.2 Å². The lowest BCUT2D eigenvalue weighted by atomic mass is 9.87. The summed E-state index contributed by atoms with van der Waals surface area (Å²) in [4.78, 5) is 62.1. The molecule has 3 aromatic rings. The number of H-pyrrole nitrogens is 1. The van der Waals surface area contributed by atoms with Gasteiger partial charge in [-0.1, -0.05) is 32.8 Å². The predicted octanol–water partition coefficient (Wildman–Crippen LogP) is 3.83. The highest BCUT2D eigenvalue weighted by Gasteiger charge is 2.61. The lowest BCUT2D eigenvalue weighted by Gasteiger charge is -2.32. The quantitative estimate of drug-likeness (QED) is 0.144. The average Bonchev–Trinajstić information content (AvgIpc) is 3.59. The zero-order valence-corrected chi connectivity index (χ0v) is 35.1. The summed E-state index contributed by atoms with van der Waals surface area (Å²) >= 11 is 0. The summed E-state index contributed by atoms with van der Waals surface area (Å²) in [6.07, 6.45) is 4.94. The van der Waals surface area contributed by atoms with Gasteiger partial charge in [-0.2, -0.15) is 13.5 Å². The number of pyridine rings is 1. The number of benzene rings is 1. The van der Waals surface area contributed by atoms with Crippen LogP contribution < -0.4 is 29.6 Å². The second-order valence-corrected chi connectivity index (χ2v) is 18.3. The first-order valence-corrected chi connectivity index (χ1v) is 21.7. The predicted molar refractivity (Wildman–Crippen MR) is 216 cm³/mol. The summed E-state index contributed by atoms with van der Waals surface area (Å²) in [7, 11) is -3.38. The van der Waals surface area contributed by atoms with Gasteiger partial charge in [0.05, 0.1) is 31.5 Å². The summed E-state index contributed by atoms with van der Waals surface area (Å²) < 4.78 is 58.7. The number of nitrogens with zero attached hydrogens (tertiary/aromatic N) is 3. The molecule has 4 bridgehead atoms. The molecule has 0 radical (unpaired) electrons. The number of hydrogen-bond donors (Lipinski definition) is 5. The number of aromatic amines is 1. The van der Waals surface area contributed by atoms with E-state index in [1.54, 1.807) is 17.9 Å². The molecule has 1 aromatic carbocycles. The van der Waals surface area contributed by atoms with E-state index < -0.39 is 69.2 Å². The third-order valence-corrected chi connectivity index (χ3v) is 12.4. The van der Waals surface area contributed by atoms with Gasteiger partial charge >= 0.3 is 16.4 Å². The van der Waals surface area contributed by atoms with Gasteiger partial charge in [0.2, 0.25) is 17.7 Å². The average molecular weight is 852 g/mol. The summed E-state index contributed by atoms with van der Waals surface area (Å²) in [5.74, 6) is -2.09. The minimum Gasteiger partial charge on any atom is -0.496 e. The number of hydrogen-bond acceptors (Lipinski definition) is 12. The number of amides is 4.